The molecule has 3 N–H and O–H groups in total. The van der Waals surface area contributed by atoms with E-state index < -0.39 is 4.92 Å². The van der Waals surface area contributed by atoms with Gasteiger partial charge in [-0.15, -0.1) is 0 Å². The second-order valence-corrected chi connectivity index (χ2v) is 5.80. The zero-order valence-electron chi connectivity index (χ0n) is 13.0. The summed E-state index contributed by atoms with van der Waals surface area (Å²) in [5.74, 6) is 0.352. The average molecular weight is 306 g/mol. The highest BCUT2D eigenvalue weighted by Gasteiger charge is 2.27. The minimum Gasteiger partial charge on any atom is -0.393 e. The van der Waals surface area contributed by atoms with Crippen LogP contribution in [-0.4, -0.2) is 42.4 Å². The van der Waals surface area contributed by atoms with Gasteiger partial charge in [-0.05, 0) is 50.9 Å². The van der Waals surface area contributed by atoms with Crippen LogP contribution in [0.3, 0.4) is 0 Å². The number of likely N-dealkylation sites (tertiary alicyclic amines) is 1. The minimum atomic E-state index is -0.543. The van der Waals surface area contributed by atoms with Gasteiger partial charge in [0.1, 0.15) is 5.69 Å². The predicted molar refractivity (Wildman–Crippen MR) is 84.8 cm³/mol. The van der Waals surface area contributed by atoms with Gasteiger partial charge in [0.2, 0.25) is 0 Å². The summed E-state index contributed by atoms with van der Waals surface area (Å²) in [6.07, 6.45) is 1.86. The molecule has 0 aliphatic carbocycles. The lowest BCUT2D eigenvalue weighted by Gasteiger charge is -2.32. The van der Waals surface area contributed by atoms with Crippen LogP contribution in [0.5, 0.6) is 0 Å². The molecule has 120 valence electrons. The van der Waals surface area contributed by atoms with E-state index in [1.165, 1.54) is 6.07 Å². The Bertz CT molecular complexity index is 580. The number of nitrogens with two attached hydrogens (primary N) is 1. The highest BCUT2D eigenvalue weighted by molar-refractivity contribution is 6.01. The van der Waals surface area contributed by atoms with Crippen molar-refractivity contribution in [1.82, 2.24) is 10.2 Å². The van der Waals surface area contributed by atoms with Gasteiger partial charge in [0.25, 0.3) is 11.6 Å². The number of benzene rings is 1. The maximum atomic E-state index is 12.6. The molecule has 2 rings (SSSR count). The van der Waals surface area contributed by atoms with Gasteiger partial charge in [0, 0.05) is 19.2 Å². The number of anilines is 1. The molecule has 0 atom stereocenters. The van der Waals surface area contributed by atoms with Gasteiger partial charge in [0.05, 0.1) is 10.5 Å². The fraction of sp³-hybridized carbons (Fsp3) is 0.533. The lowest BCUT2D eigenvalue weighted by Crippen LogP contribution is -2.40. The SMILES string of the molecule is CNCC1CCN(C(=O)c2cc(C)cc([N+](=O)[O-])c2N)CC1. The second kappa shape index (κ2) is 6.74. The fourth-order valence-corrected chi connectivity index (χ4v) is 2.91. The molecule has 1 aliphatic heterocycles. The first-order chi connectivity index (χ1) is 10.4. The first-order valence-electron chi connectivity index (χ1n) is 7.42. The molecule has 1 aliphatic rings. The van der Waals surface area contributed by atoms with E-state index in [0.717, 1.165) is 19.4 Å². The summed E-state index contributed by atoms with van der Waals surface area (Å²) in [4.78, 5) is 24.8. The van der Waals surface area contributed by atoms with Gasteiger partial charge in [0.15, 0.2) is 0 Å². The third-order valence-corrected chi connectivity index (χ3v) is 4.12. The number of aryl methyl sites for hydroxylation is 1. The zero-order valence-corrected chi connectivity index (χ0v) is 13.0. The number of carbonyl (C=O) groups excluding carboxylic acids is 1. The minimum absolute atomic E-state index is 0.0436. The van der Waals surface area contributed by atoms with Gasteiger partial charge in [-0.1, -0.05) is 0 Å². The molecule has 22 heavy (non-hydrogen) atoms. The Morgan fingerprint density at radius 2 is 2.09 bits per heavy atom. The van der Waals surface area contributed by atoms with Crippen molar-refractivity contribution in [2.24, 2.45) is 5.92 Å². The average Bonchev–Trinajstić information content (AvgIpc) is 2.49. The van der Waals surface area contributed by atoms with Crippen molar-refractivity contribution in [2.45, 2.75) is 19.8 Å². The van der Waals surface area contributed by atoms with Crippen molar-refractivity contribution in [3.63, 3.8) is 0 Å². The highest BCUT2D eigenvalue weighted by atomic mass is 16.6. The van der Waals surface area contributed by atoms with Crippen LogP contribution in [0.15, 0.2) is 12.1 Å². The van der Waals surface area contributed by atoms with E-state index in [-0.39, 0.29) is 22.8 Å². The summed E-state index contributed by atoms with van der Waals surface area (Å²) in [6.45, 7) is 3.99. The number of rotatable bonds is 4. The van der Waals surface area contributed by atoms with E-state index in [0.29, 0.717) is 24.6 Å². The summed E-state index contributed by atoms with van der Waals surface area (Å²) in [5.41, 5.74) is 6.49. The van der Waals surface area contributed by atoms with E-state index in [2.05, 4.69) is 5.32 Å². The number of carbonyl (C=O) groups is 1. The van der Waals surface area contributed by atoms with Crippen molar-refractivity contribution in [1.29, 1.82) is 0 Å². The van der Waals surface area contributed by atoms with Crippen molar-refractivity contribution < 1.29 is 9.72 Å². The summed E-state index contributed by atoms with van der Waals surface area (Å²) in [7, 11) is 1.92. The third-order valence-electron chi connectivity index (χ3n) is 4.12. The zero-order chi connectivity index (χ0) is 16.3. The number of hydrogen-bond donors (Lipinski definition) is 2. The first-order valence-corrected chi connectivity index (χ1v) is 7.42. The number of nitro groups is 1. The van der Waals surface area contributed by atoms with Crippen LogP contribution < -0.4 is 11.1 Å². The standard InChI is InChI=1S/C15H22N4O3/c1-10-7-12(14(16)13(8-10)19(21)22)15(20)18-5-3-11(4-6-18)9-17-2/h7-8,11,17H,3-6,9,16H2,1-2H3. The number of nitro benzene ring substituents is 1. The van der Waals surface area contributed by atoms with E-state index >= 15 is 0 Å². The van der Waals surface area contributed by atoms with Crippen LogP contribution in [0.1, 0.15) is 28.8 Å². The smallest absolute Gasteiger partial charge is 0.293 e. The molecule has 1 heterocycles. The Morgan fingerprint density at radius 3 is 2.64 bits per heavy atom. The Labute approximate surface area is 129 Å². The number of nitrogens with zero attached hydrogens (tertiary/aromatic N) is 2. The summed E-state index contributed by atoms with van der Waals surface area (Å²) in [6, 6.07) is 3.02. The molecule has 1 amide bonds. The molecule has 1 fully saturated rings. The molecule has 0 aromatic heterocycles. The van der Waals surface area contributed by atoms with Crippen LogP contribution in [0.4, 0.5) is 11.4 Å². The predicted octanol–water partition coefficient (Wildman–Crippen LogP) is 1.56. The van der Waals surface area contributed by atoms with Gasteiger partial charge in [-0.3, -0.25) is 14.9 Å². The number of piperidine rings is 1. The number of amides is 1. The quantitative estimate of drug-likeness (QED) is 0.499. The molecule has 0 spiro atoms. The van der Waals surface area contributed by atoms with Crippen molar-refractivity contribution in [2.75, 3.05) is 32.4 Å². The Morgan fingerprint density at radius 1 is 1.45 bits per heavy atom. The Hall–Kier alpha value is -2.15. The Balaban J connectivity index is 2.18. The lowest BCUT2D eigenvalue weighted by atomic mass is 9.96. The molecule has 0 radical (unpaired) electrons. The molecule has 0 saturated carbocycles. The van der Waals surface area contributed by atoms with Gasteiger partial charge in [-0.2, -0.15) is 0 Å². The molecule has 0 unspecified atom stereocenters. The van der Waals surface area contributed by atoms with Crippen molar-refractivity contribution in [3.8, 4) is 0 Å². The van der Waals surface area contributed by atoms with E-state index in [4.69, 9.17) is 5.73 Å². The van der Waals surface area contributed by atoms with Crippen LogP contribution in [-0.2, 0) is 0 Å². The van der Waals surface area contributed by atoms with Gasteiger partial charge in [-0.25, -0.2) is 0 Å². The van der Waals surface area contributed by atoms with Crippen LogP contribution in [0, 0.1) is 23.0 Å². The summed E-state index contributed by atoms with van der Waals surface area (Å²) in [5, 5.41) is 14.2. The van der Waals surface area contributed by atoms with E-state index in [1.54, 1.807) is 17.9 Å². The topological polar surface area (TPSA) is 102 Å². The molecule has 1 aromatic rings. The third kappa shape index (κ3) is 3.36. The van der Waals surface area contributed by atoms with Crippen LogP contribution in [0.25, 0.3) is 0 Å². The maximum Gasteiger partial charge on any atom is 0.293 e. The van der Waals surface area contributed by atoms with Crippen molar-refractivity contribution >= 4 is 17.3 Å². The molecule has 0 bridgehead atoms. The van der Waals surface area contributed by atoms with E-state index in [1.807, 2.05) is 7.05 Å². The molecular weight excluding hydrogens is 284 g/mol. The number of nitrogens with one attached hydrogen (secondary N) is 1. The monoisotopic (exact) mass is 306 g/mol. The van der Waals surface area contributed by atoms with Crippen LogP contribution in [0.2, 0.25) is 0 Å². The number of nitrogen functional groups attached to an aromatic ring is 1. The maximum absolute atomic E-state index is 12.6. The second-order valence-electron chi connectivity index (χ2n) is 5.80. The van der Waals surface area contributed by atoms with Crippen LogP contribution >= 0.6 is 0 Å². The molecule has 1 aromatic carbocycles. The summed E-state index contributed by atoms with van der Waals surface area (Å²) >= 11 is 0. The fourth-order valence-electron chi connectivity index (χ4n) is 2.91. The molecular formula is C15H22N4O3. The summed E-state index contributed by atoms with van der Waals surface area (Å²) < 4.78 is 0. The highest BCUT2D eigenvalue weighted by Crippen LogP contribution is 2.29. The number of hydrogen-bond acceptors (Lipinski definition) is 5. The first kappa shape index (κ1) is 16.2. The van der Waals surface area contributed by atoms with Gasteiger partial charge < -0.3 is 16.0 Å². The lowest BCUT2D eigenvalue weighted by molar-refractivity contribution is -0.384. The Kier molecular flexibility index (Phi) is 4.97. The molecule has 7 nitrogen and oxygen atoms in total. The normalized spacial score (nSPS) is 15.8. The largest absolute Gasteiger partial charge is 0.393 e. The van der Waals surface area contributed by atoms with Crippen molar-refractivity contribution in [3.05, 3.63) is 33.4 Å². The molecule has 1 saturated heterocycles. The van der Waals surface area contributed by atoms with Gasteiger partial charge >= 0.3 is 0 Å². The molecule has 7 heteroatoms. The van der Waals surface area contributed by atoms with E-state index in [9.17, 15) is 14.9 Å².